The van der Waals surface area contributed by atoms with Crippen molar-refractivity contribution >= 4 is 5.69 Å². The molecule has 0 spiro atoms. The Morgan fingerprint density at radius 2 is 1.56 bits per heavy atom. The van der Waals surface area contributed by atoms with Gasteiger partial charge in [0.1, 0.15) is 0 Å². The Morgan fingerprint density at radius 1 is 0.920 bits per heavy atom. The van der Waals surface area contributed by atoms with Crippen LogP contribution in [0.25, 0.3) is 0 Å². The number of nitrogens with one attached hydrogen (secondary N) is 1. The topological polar surface area (TPSA) is 35.5 Å². The Labute approximate surface area is 147 Å². The number of hydrogen-bond donors (Lipinski definition) is 2. The van der Waals surface area contributed by atoms with E-state index >= 15 is 0 Å². The molecule has 0 aliphatic carbocycles. The fourth-order valence-corrected chi connectivity index (χ4v) is 3.20. The maximum atomic E-state index is 13.2. The number of hydrogen-bond acceptors (Lipinski definition) is 3. The lowest BCUT2D eigenvalue weighted by atomic mass is 9.97. The van der Waals surface area contributed by atoms with Gasteiger partial charge in [0.25, 0.3) is 0 Å². The van der Waals surface area contributed by atoms with Crippen molar-refractivity contribution in [3.63, 3.8) is 0 Å². The molecule has 0 amide bonds. The summed E-state index contributed by atoms with van der Waals surface area (Å²) in [7, 11) is 0. The van der Waals surface area contributed by atoms with E-state index in [0.717, 1.165) is 43.1 Å². The van der Waals surface area contributed by atoms with Crippen molar-refractivity contribution in [2.75, 3.05) is 24.6 Å². The second kappa shape index (κ2) is 8.41. The minimum absolute atomic E-state index is 0.288. The second-order valence-corrected chi connectivity index (χ2v) is 6.63. The van der Waals surface area contributed by atoms with Gasteiger partial charge in [0.05, 0.1) is 0 Å². The first kappa shape index (κ1) is 17.8. The Bertz CT molecular complexity index is 683. The molecule has 1 fully saturated rings. The number of benzene rings is 2. The zero-order chi connectivity index (χ0) is 17.6. The normalized spacial score (nSPS) is 15.6. The van der Waals surface area contributed by atoms with Gasteiger partial charge in [-0.05, 0) is 54.2 Å². The highest BCUT2D eigenvalue weighted by Crippen LogP contribution is 2.23. The Morgan fingerprint density at radius 3 is 2.20 bits per heavy atom. The maximum absolute atomic E-state index is 13.2. The third kappa shape index (κ3) is 4.77. The van der Waals surface area contributed by atoms with Gasteiger partial charge in [-0.1, -0.05) is 18.2 Å². The molecule has 0 bridgehead atoms. The van der Waals surface area contributed by atoms with E-state index in [4.69, 9.17) is 0 Å². The van der Waals surface area contributed by atoms with Crippen LogP contribution in [0, 0.1) is 17.6 Å². The van der Waals surface area contributed by atoms with E-state index in [1.54, 1.807) is 6.07 Å². The van der Waals surface area contributed by atoms with Crippen LogP contribution in [0.15, 0.2) is 42.5 Å². The lowest BCUT2D eigenvalue weighted by Crippen LogP contribution is -2.34. The number of aliphatic hydroxyl groups excluding tert-OH is 1. The Balaban J connectivity index is 1.48. The second-order valence-electron chi connectivity index (χ2n) is 6.63. The molecule has 1 heterocycles. The number of nitrogens with zero attached hydrogens (tertiary/aromatic N) is 1. The van der Waals surface area contributed by atoms with E-state index in [1.165, 1.54) is 11.8 Å². The van der Waals surface area contributed by atoms with E-state index < -0.39 is 11.6 Å². The van der Waals surface area contributed by atoms with Gasteiger partial charge in [0.15, 0.2) is 11.6 Å². The van der Waals surface area contributed by atoms with Crippen molar-refractivity contribution in [1.82, 2.24) is 5.32 Å². The zero-order valence-electron chi connectivity index (χ0n) is 14.2. The minimum atomic E-state index is -0.817. The van der Waals surface area contributed by atoms with Crippen molar-refractivity contribution in [2.24, 2.45) is 5.92 Å². The molecule has 1 aliphatic heterocycles. The van der Waals surface area contributed by atoms with Crippen LogP contribution in [0.2, 0.25) is 0 Å². The smallest absolute Gasteiger partial charge is 0.159 e. The van der Waals surface area contributed by atoms with Crippen LogP contribution in [0.3, 0.4) is 0 Å². The minimum Gasteiger partial charge on any atom is -0.396 e. The van der Waals surface area contributed by atoms with Crippen LogP contribution in [-0.4, -0.2) is 24.8 Å². The first-order chi connectivity index (χ1) is 12.2. The van der Waals surface area contributed by atoms with E-state index in [-0.39, 0.29) is 6.61 Å². The lowest BCUT2D eigenvalue weighted by Gasteiger charge is -2.33. The van der Waals surface area contributed by atoms with Crippen molar-refractivity contribution in [3.05, 3.63) is 65.2 Å². The van der Waals surface area contributed by atoms with Crippen LogP contribution in [0.1, 0.15) is 24.0 Å². The van der Waals surface area contributed by atoms with E-state index in [9.17, 15) is 13.9 Å². The predicted molar refractivity (Wildman–Crippen MR) is 95.4 cm³/mol. The van der Waals surface area contributed by atoms with Crippen molar-refractivity contribution in [1.29, 1.82) is 0 Å². The van der Waals surface area contributed by atoms with Crippen LogP contribution in [0.4, 0.5) is 14.5 Å². The number of halogens is 2. The van der Waals surface area contributed by atoms with Gasteiger partial charge in [0, 0.05) is 38.5 Å². The Hall–Kier alpha value is -1.98. The number of piperidine rings is 1. The molecule has 0 unspecified atom stereocenters. The molecule has 5 heteroatoms. The summed E-state index contributed by atoms with van der Waals surface area (Å²) in [6.07, 6.45) is 2.07. The van der Waals surface area contributed by atoms with Gasteiger partial charge in [-0.2, -0.15) is 0 Å². The van der Waals surface area contributed by atoms with Gasteiger partial charge >= 0.3 is 0 Å². The van der Waals surface area contributed by atoms with Gasteiger partial charge in [0.2, 0.25) is 0 Å². The van der Waals surface area contributed by atoms with Crippen LogP contribution in [-0.2, 0) is 13.1 Å². The van der Waals surface area contributed by atoms with Crippen LogP contribution >= 0.6 is 0 Å². The molecular formula is C20H24F2N2O. The summed E-state index contributed by atoms with van der Waals surface area (Å²) in [5, 5.41) is 12.5. The molecule has 25 heavy (non-hydrogen) atoms. The van der Waals surface area contributed by atoms with Gasteiger partial charge in [-0.25, -0.2) is 8.78 Å². The fourth-order valence-electron chi connectivity index (χ4n) is 3.20. The van der Waals surface area contributed by atoms with E-state index in [0.29, 0.717) is 19.0 Å². The predicted octanol–water partition coefficient (Wildman–Crippen LogP) is 3.46. The highest BCUT2D eigenvalue weighted by atomic mass is 19.2. The summed E-state index contributed by atoms with van der Waals surface area (Å²) < 4.78 is 26.1. The van der Waals surface area contributed by atoms with Crippen molar-refractivity contribution in [3.8, 4) is 0 Å². The van der Waals surface area contributed by atoms with E-state index in [1.807, 2.05) is 0 Å². The van der Waals surface area contributed by atoms with Gasteiger partial charge < -0.3 is 15.3 Å². The zero-order valence-corrected chi connectivity index (χ0v) is 14.2. The molecule has 0 aromatic heterocycles. The largest absolute Gasteiger partial charge is 0.396 e. The third-order valence-corrected chi connectivity index (χ3v) is 4.82. The first-order valence-electron chi connectivity index (χ1n) is 8.75. The summed E-state index contributed by atoms with van der Waals surface area (Å²) in [6, 6.07) is 12.4. The first-order valence-corrected chi connectivity index (χ1v) is 8.75. The van der Waals surface area contributed by atoms with Gasteiger partial charge in [-0.3, -0.25) is 0 Å². The maximum Gasteiger partial charge on any atom is 0.159 e. The number of anilines is 1. The molecule has 2 aromatic carbocycles. The summed E-state index contributed by atoms with van der Waals surface area (Å²) in [4.78, 5) is 2.35. The average molecular weight is 346 g/mol. The monoisotopic (exact) mass is 346 g/mol. The molecule has 134 valence electrons. The van der Waals surface area contributed by atoms with Crippen molar-refractivity contribution < 1.29 is 13.9 Å². The molecule has 2 N–H and O–H groups in total. The molecule has 0 radical (unpaired) electrons. The van der Waals surface area contributed by atoms with E-state index in [2.05, 4.69) is 34.5 Å². The molecule has 2 aromatic rings. The summed E-state index contributed by atoms with van der Waals surface area (Å²) in [5.41, 5.74) is 3.08. The molecular weight excluding hydrogens is 322 g/mol. The molecule has 3 nitrogen and oxygen atoms in total. The quantitative estimate of drug-likeness (QED) is 0.841. The molecule has 1 saturated heterocycles. The number of aliphatic hydroxyl groups is 1. The molecule has 1 aliphatic rings. The molecule has 0 atom stereocenters. The fraction of sp³-hybridized carbons (Fsp3) is 0.400. The van der Waals surface area contributed by atoms with Crippen LogP contribution in [0.5, 0.6) is 0 Å². The summed E-state index contributed by atoms with van der Waals surface area (Å²) >= 11 is 0. The lowest BCUT2D eigenvalue weighted by molar-refractivity contribution is 0.203. The summed E-state index contributed by atoms with van der Waals surface area (Å²) in [6.45, 7) is 3.42. The number of rotatable bonds is 6. The Kier molecular flexibility index (Phi) is 6.00. The third-order valence-electron chi connectivity index (χ3n) is 4.82. The van der Waals surface area contributed by atoms with Crippen molar-refractivity contribution in [2.45, 2.75) is 25.9 Å². The van der Waals surface area contributed by atoms with Gasteiger partial charge in [-0.15, -0.1) is 0 Å². The standard InChI is InChI=1S/C20H24F2N2O/c21-19-6-3-17(11-20(19)22)13-23-12-15-1-4-18(5-2-15)24-9-7-16(14-25)8-10-24/h1-6,11,16,23,25H,7-10,12-14H2. The van der Waals surface area contributed by atoms with Crippen LogP contribution < -0.4 is 10.2 Å². The SMILES string of the molecule is OCC1CCN(c2ccc(CNCc3ccc(F)c(F)c3)cc2)CC1. The molecule has 0 saturated carbocycles. The molecule has 3 rings (SSSR count). The highest BCUT2D eigenvalue weighted by molar-refractivity contribution is 5.48. The average Bonchev–Trinajstić information content (AvgIpc) is 2.65. The highest BCUT2D eigenvalue weighted by Gasteiger charge is 2.18. The summed E-state index contributed by atoms with van der Waals surface area (Å²) in [5.74, 6) is -1.19.